The SMILES string of the molecule is Cc1nc(C2CCN(C(=O)c3cc4c([nH]c3=O)CCCC4)CC2)ncc1C(=O)N1CCCC1. The predicted molar refractivity (Wildman–Crippen MR) is 123 cm³/mol. The molecule has 2 aromatic rings. The normalized spacial score (nSPS) is 18.9. The fourth-order valence-electron chi connectivity index (χ4n) is 5.33. The molecule has 2 saturated heterocycles. The molecule has 0 radical (unpaired) electrons. The maximum Gasteiger partial charge on any atom is 0.261 e. The van der Waals surface area contributed by atoms with E-state index in [-0.39, 0.29) is 28.9 Å². The molecule has 1 N–H and O–H groups in total. The Hall–Kier alpha value is -3.03. The number of fused-ring (bicyclic) bond motifs is 1. The van der Waals surface area contributed by atoms with Gasteiger partial charge in [0.2, 0.25) is 0 Å². The molecule has 0 atom stereocenters. The van der Waals surface area contributed by atoms with Gasteiger partial charge in [-0.1, -0.05) is 0 Å². The van der Waals surface area contributed by atoms with Crippen molar-refractivity contribution in [1.82, 2.24) is 24.8 Å². The zero-order valence-corrected chi connectivity index (χ0v) is 19.2. The van der Waals surface area contributed by atoms with Gasteiger partial charge in [0, 0.05) is 44.0 Å². The first kappa shape index (κ1) is 21.8. The molecule has 0 aromatic carbocycles. The maximum absolute atomic E-state index is 13.1. The summed E-state index contributed by atoms with van der Waals surface area (Å²) in [6.07, 6.45) is 9.24. The number of carbonyl (C=O) groups excluding carboxylic acids is 2. The smallest absolute Gasteiger partial charge is 0.261 e. The lowest BCUT2D eigenvalue weighted by Crippen LogP contribution is -2.40. The number of carbonyl (C=O) groups is 2. The second kappa shape index (κ2) is 9.08. The van der Waals surface area contributed by atoms with Crippen molar-refractivity contribution in [2.45, 2.75) is 64.2 Å². The first-order chi connectivity index (χ1) is 16.0. The fourth-order valence-corrected chi connectivity index (χ4v) is 5.33. The first-order valence-corrected chi connectivity index (χ1v) is 12.2. The molecular weight excluding hydrogens is 418 g/mol. The molecule has 8 nitrogen and oxygen atoms in total. The van der Waals surface area contributed by atoms with Crippen molar-refractivity contribution in [2.24, 2.45) is 0 Å². The number of aromatic nitrogens is 3. The molecule has 2 aliphatic heterocycles. The number of hydrogen-bond acceptors (Lipinski definition) is 5. The van der Waals surface area contributed by atoms with Gasteiger partial charge in [0.05, 0.1) is 11.3 Å². The van der Waals surface area contributed by atoms with Crippen molar-refractivity contribution in [1.29, 1.82) is 0 Å². The van der Waals surface area contributed by atoms with E-state index in [9.17, 15) is 14.4 Å². The highest BCUT2D eigenvalue weighted by molar-refractivity contribution is 5.95. The van der Waals surface area contributed by atoms with E-state index in [1.54, 1.807) is 11.1 Å². The van der Waals surface area contributed by atoms with Crippen LogP contribution < -0.4 is 5.56 Å². The summed E-state index contributed by atoms with van der Waals surface area (Å²) in [5.74, 6) is 0.716. The summed E-state index contributed by atoms with van der Waals surface area (Å²) in [6, 6.07) is 1.81. The zero-order valence-electron chi connectivity index (χ0n) is 19.2. The highest BCUT2D eigenvalue weighted by atomic mass is 16.2. The lowest BCUT2D eigenvalue weighted by molar-refractivity contribution is 0.0707. The van der Waals surface area contributed by atoms with E-state index < -0.39 is 0 Å². The Morgan fingerprint density at radius 3 is 2.33 bits per heavy atom. The minimum Gasteiger partial charge on any atom is -0.339 e. The Kier molecular flexibility index (Phi) is 6.00. The number of nitrogens with zero attached hydrogens (tertiary/aromatic N) is 4. The van der Waals surface area contributed by atoms with E-state index >= 15 is 0 Å². The third-order valence-electron chi connectivity index (χ3n) is 7.34. The monoisotopic (exact) mass is 449 g/mol. The quantitative estimate of drug-likeness (QED) is 0.777. The number of likely N-dealkylation sites (tertiary alicyclic amines) is 2. The molecule has 4 heterocycles. The van der Waals surface area contributed by atoms with Crippen LogP contribution in [0.1, 0.15) is 87.9 Å². The predicted octanol–water partition coefficient (Wildman–Crippen LogP) is 2.61. The summed E-state index contributed by atoms with van der Waals surface area (Å²) in [6.45, 7) is 4.61. The summed E-state index contributed by atoms with van der Waals surface area (Å²) in [5, 5.41) is 0. The van der Waals surface area contributed by atoms with E-state index in [0.717, 1.165) is 87.2 Å². The van der Waals surface area contributed by atoms with Gasteiger partial charge in [0.25, 0.3) is 17.4 Å². The number of nitrogens with one attached hydrogen (secondary N) is 1. The van der Waals surface area contributed by atoms with Crippen LogP contribution >= 0.6 is 0 Å². The summed E-state index contributed by atoms with van der Waals surface area (Å²) in [7, 11) is 0. The highest BCUT2D eigenvalue weighted by Gasteiger charge is 2.29. The van der Waals surface area contributed by atoms with Gasteiger partial charge in [-0.3, -0.25) is 14.4 Å². The van der Waals surface area contributed by atoms with E-state index in [1.165, 1.54) is 0 Å². The van der Waals surface area contributed by atoms with Crippen molar-refractivity contribution in [3.63, 3.8) is 0 Å². The van der Waals surface area contributed by atoms with Gasteiger partial charge in [-0.2, -0.15) is 0 Å². The van der Waals surface area contributed by atoms with E-state index in [0.29, 0.717) is 18.7 Å². The van der Waals surface area contributed by atoms with Gasteiger partial charge >= 0.3 is 0 Å². The largest absolute Gasteiger partial charge is 0.339 e. The molecule has 8 heteroatoms. The summed E-state index contributed by atoms with van der Waals surface area (Å²) >= 11 is 0. The molecule has 174 valence electrons. The van der Waals surface area contributed by atoms with Crippen molar-refractivity contribution < 1.29 is 9.59 Å². The molecule has 0 saturated carbocycles. The molecular formula is C25H31N5O3. The van der Waals surface area contributed by atoms with Crippen LogP contribution in [-0.2, 0) is 12.8 Å². The first-order valence-electron chi connectivity index (χ1n) is 12.2. The molecule has 2 amide bonds. The highest BCUT2D eigenvalue weighted by Crippen LogP contribution is 2.27. The van der Waals surface area contributed by atoms with Crippen LogP contribution in [0.3, 0.4) is 0 Å². The molecule has 0 spiro atoms. The lowest BCUT2D eigenvalue weighted by Gasteiger charge is -2.31. The average Bonchev–Trinajstić information content (AvgIpc) is 3.38. The lowest BCUT2D eigenvalue weighted by atomic mass is 9.93. The molecule has 0 bridgehead atoms. The van der Waals surface area contributed by atoms with E-state index in [4.69, 9.17) is 0 Å². The van der Waals surface area contributed by atoms with Crippen LogP contribution in [0.25, 0.3) is 0 Å². The van der Waals surface area contributed by atoms with E-state index in [1.807, 2.05) is 17.9 Å². The Morgan fingerprint density at radius 1 is 0.939 bits per heavy atom. The molecule has 2 aromatic heterocycles. The Labute approximate surface area is 193 Å². The molecule has 3 aliphatic rings. The van der Waals surface area contributed by atoms with E-state index in [2.05, 4.69) is 15.0 Å². The second-order valence-electron chi connectivity index (χ2n) is 9.52. The van der Waals surface area contributed by atoms with Gasteiger partial charge in [0.15, 0.2) is 0 Å². The molecule has 0 unspecified atom stereocenters. The number of rotatable bonds is 3. The van der Waals surface area contributed by atoms with Gasteiger partial charge in [-0.25, -0.2) is 9.97 Å². The number of amides is 2. The average molecular weight is 450 g/mol. The number of piperidine rings is 1. The van der Waals surface area contributed by atoms with Crippen LogP contribution in [0.4, 0.5) is 0 Å². The summed E-state index contributed by atoms with van der Waals surface area (Å²) in [4.78, 5) is 54.1. The third kappa shape index (κ3) is 4.30. The number of pyridine rings is 1. The third-order valence-corrected chi connectivity index (χ3v) is 7.34. The Bertz CT molecular complexity index is 1130. The van der Waals surface area contributed by atoms with Gasteiger partial charge in [-0.15, -0.1) is 0 Å². The molecule has 1 aliphatic carbocycles. The van der Waals surface area contributed by atoms with Crippen molar-refractivity contribution >= 4 is 11.8 Å². The van der Waals surface area contributed by atoms with Crippen LogP contribution in [-0.4, -0.2) is 62.7 Å². The minimum atomic E-state index is -0.278. The van der Waals surface area contributed by atoms with Crippen LogP contribution in [0, 0.1) is 6.92 Å². The molecule has 33 heavy (non-hydrogen) atoms. The van der Waals surface area contributed by atoms with Crippen LogP contribution in [0.5, 0.6) is 0 Å². The topological polar surface area (TPSA) is 99.3 Å². The number of aryl methyl sites for hydroxylation is 3. The number of aromatic amines is 1. The van der Waals surface area contributed by atoms with Gasteiger partial charge in [0.1, 0.15) is 11.4 Å². The van der Waals surface area contributed by atoms with Gasteiger partial charge < -0.3 is 14.8 Å². The number of hydrogen-bond donors (Lipinski definition) is 1. The van der Waals surface area contributed by atoms with Crippen molar-refractivity contribution in [3.05, 3.63) is 56.5 Å². The van der Waals surface area contributed by atoms with Crippen molar-refractivity contribution in [3.8, 4) is 0 Å². The Morgan fingerprint density at radius 2 is 1.61 bits per heavy atom. The second-order valence-corrected chi connectivity index (χ2v) is 9.52. The van der Waals surface area contributed by atoms with Crippen LogP contribution in [0.2, 0.25) is 0 Å². The Balaban J connectivity index is 1.25. The minimum absolute atomic E-state index is 0.0206. The molecule has 2 fully saturated rings. The standard InChI is InChI=1S/C25H31N5O3/c1-16-20(25(33)29-10-4-5-11-29)15-26-22(27-16)17-8-12-30(13-9-17)24(32)19-14-18-6-2-3-7-21(18)28-23(19)31/h14-15,17H,2-13H2,1H3,(H,28,31). The number of H-pyrrole nitrogens is 1. The van der Waals surface area contributed by atoms with Crippen molar-refractivity contribution in [2.75, 3.05) is 26.2 Å². The fraction of sp³-hybridized carbons (Fsp3) is 0.560. The summed E-state index contributed by atoms with van der Waals surface area (Å²) < 4.78 is 0. The maximum atomic E-state index is 13.1. The van der Waals surface area contributed by atoms with Crippen LogP contribution in [0.15, 0.2) is 17.1 Å². The zero-order chi connectivity index (χ0) is 22.9. The molecule has 5 rings (SSSR count). The van der Waals surface area contributed by atoms with Gasteiger partial charge in [-0.05, 0) is 69.9 Å². The summed E-state index contributed by atoms with van der Waals surface area (Å²) in [5.41, 5.74) is 3.37.